The third kappa shape index (κ3) is 1.53. The maximum absolute atomic E-state index is 3.48. The Morgan fingerprint density at radius 2 is 2.06 bits per heavy atom. The normalized spacial score (nSPS) is 25.8. The first-order valence-corrected chi connectivity index (χ1v) is 7.83. The number of anilines is 1. The fraction of sp³-hybridized carbons (Fsp3) is 0.600. The summed E-state index contributed by atoms with van der Waals surface area (Å²) in [5, 5.41) is 3.48. The molecule has 3 rings (SSSR count). The second-order valence-corrected chi connectivity index (χ2v) is 6.76. The first-order chi connectivity index (χ1) is 8.19. The quantitative estimate of drug-likeness (QED) is 0.854. The van der Waals surface area contributed by atoms with E-state index in [1.165, 1.54) is 37.8 Å². The molecule has 2 aliphatic rings. The van der Waals surface area contributed by atoms with Crippen LogP contribution in [0.1, 0.15) is 42.0 Å². The number of aryl methyl sites for hydroxylation is 1. The average Bonchev–Trinajstić information content (AvgIpc) is 2.93. The van der Waals surface area contributed by atoms with Crippen LogP contribution in [0.2, 0.25) is 0 Å². The Morgan fingerprint density at radius 3 is 2.76 bits per heavy atom. The lowest BCUT2D eigenvalue weighted by Crippen LogP contribution is -2.13. The fourth-order valence-electron chi connectivity index (χ4n) is 3.53. The standard InChI is InChI=1S/C15H21NS/c1-15(17-3)8-7-12-13(15)9-10-5-4-6-11(10)14(12)16-2/h9,16H,4-8H2,1-3H3/t15-/m1/s1. The maximum atomic E-state index is 3.48. The predicted molar refractivity (Wildman–Crippen MR) is 77.2 cm³/mol. The largest absolute Gasteiger partial charge is 0.388 e. The maximum Gasteiger partial charge on any atom is 0.0408 e. The minimum Gasteiger partial charge on any atom is -0.388 e. The molecule has 0 saturated heterocycles. The van der Waals surface area contributed by atoms with E-state index in [0.717, 1.165) is 0 Å². The van der Waals surface area contributed by atoms with Gasteiger partial charge >= 0.3 is 0 Å². The van der Waals surface area contributed by atoms with Crippen molar-refractivity contribution in [1.29, 1.82) is 0 Å². The van der Waals surface area contributed by atoms with Crippen LogP contribution in [0.15, 0.2) is 6.07 Å². The summed E-state index contributed by atoms with van der Waals surface area (Å²) in [4.78, 5) is 0. The Kier molecular flexibility index (Phi) is 2.66. The van der Waals surface area contributed by atoms with E-state index in [-0.39, 0.29) is 0 Å². The zero-order chi connectivity index (χ0) is 12.0. The Morgan fingerprint density at radius 1 is 1.24 bits per heavy atom. The highest BCUT2D eigenvalue weighted by Crippen LogP contribution is 2.50. The van der Waals surface area contributed by atoms with Gasteiger partial charge in [0.1, 0.15) is 0 Å². The van der Waals surface area contributed by atoms with Gasteiger partial charge in [0.15, 0.2) is 0 Å². The molecule has 0 amide bonds. The number of hydrogen-bond donors (Lipinski definition) is 1. The summed E-state index contributed by atoms with van der Waals surface area (Å²) >= 11 is 2.01. The van der Waals surface area contributed by atoms with Gasteiger partial charge in [-0.1, -0.05) is 6.07 Å². The van der Waals surface area contributed by atoms with Gasteiger partial charge in [-0.3, -0.25) is 0 Å². The molecule has 0 unspecified atom stereocenters. The molecule has 0 spiro atoms. The predicted octanol–water partition coefficient (Wildman–Crippen LogP) is 3.74. The monoisotopic (exact) mass is 247 g/mol. The van der Waals surface area contributed by atoms with Gasteiger partial charge in [0.2, 0.25) is 0 Å². The molecule has 0 saturated carbocycles. The van der Waals surface area contributed by atoms with Crippen molar-refractivity contribution in [2.75, 3.05) is 18.6 Å². The van der Waals surface area contributed by atoms with Crippen LogP contribution in [0.4, 0.5) is 5.69 Å². The lowest BCUT2D eigenvalue weighted by atomic mass is 9.95. The van der Waals surface area contributed by atoms with Crippen molar-refractivity contribution < 1.29 is 0 Å². The molecule has 1 N–H and O–H groups in total. The summed E-state index contributed by atoms with van der Waals surface area (Å²) in [5.74, 6) is 0. The number of thioether (sulfide) groups is 1. The molecule has 0 fully saturated rings. The summed E-state index contributed by atoms with van der Waals surface area (Å²) < 4.78 is 0.346. The minimum atomic E-state index is 0.346. The molecule has 2 aliphatic carbocycles. The van der Waals surface area contributed by atoms with E-state index in [2.05, 4.69) is 31.6 Å². The van der Waals surface area contributed by atoms with E-state index in [0.29, 0.717) is 4.75 Å². The zero-order valence-electron chi connectivity index (χ0n) is 11.0. The molecule has 0 heterocycles. The zero-order valence-corrected chi connectivity index (χ0v) is 11.8. The fourth-order valence-corrected chi connectivity index (χ4v) is 4.24. The van der Waals surface area contributed by atoms with Crippen LogP contribution < -0.4 is 5.32 Å². The van der Waals surface area contributed by atoms with E-state index >= 15 is 0 Å². The summed E-state index contributed by atoms with van der Waals surface area (Å²) in [6, 6.07) is 2.52. The summed E-state index contributed by atoms with van der Waals surface area (Å²) in [6.45, 7) is 2.41. The molecule has 92 valence electrons. The van der Waals surface area contributed by atoms with Crippen molar-refractivity contribution in [3.05, 3.63) is 28.3 Å². The molecule has 0 aromatic heterocycles. The summed E-state index contributed by atoms with van der Waals surface area (Å²) in [5.41, 5.74) is 7.89. The van der Waals surface area contributed by atoms with Crippen molar-refractivity contribution in [1.82, 2.24) is 0 Å². The van der Waals surface area contributed by atoms with Crippen LogP contribution in [0.3, 0.4) is 0 Å². The van der Waals surface area contributed by atoms with Crippen LogP contribution in [-0.4, -0.2) is 13.3 Å². The van der Waals surface area contributed by atoms with Gasteiger partial charge in [-0.2, -0.15) is 11.8 Å². The third-order valence-corrected chi connectivity index (χ3v) is 5.96. The molecule has 0 bridgehead atoms. The Hall–Kier alpha value is -0.630. The Labute approximate surface area is 108 Å². The second-order valence-electron chi connectivity index (χ2n) is 5.45. The molecule has 1 aromatic carbocycles. The molecule has 1 aromatic rings. The van der Waals surface area contributed by atoms with Crippen molar-refractivity contribution in [3.8, 4) is 0 Å². The van der Waals surface area contributed by atoms with E-state index in [1.54, 1.807) is 22.3 Å². The minimum absolute atomic E-state index is 0.346. The average molecular weight is 247 g/mol. The van der Waals surface area contributed by atoms with Crippen LogP contribution in [0.5, 0.6) is 0 Å². The van der Waals surface area contributed by atoms with Crippen molar-refractivity contribution in [3.63, 3.8) is 0 Å². The SMILES string of the molecule is CNc1c2c(cc3c1CC[C@@]3(C)SC)CCC2. The van der Waals surface area contributed by atoms with Crippen LogP contribution >= 0.6 is 11.8 Å². The summed E-state index contributed by atoms with van der Waals surface area (Å²) in [7, 11) is 2.09. The highest BCUT2D eigenvalue weighted by molar-refractivity contribution is 7.99. The van der Waals surface area contributed by atoms with Gasteiger partial charge in [-0.05, 0) is 67.5 Å². The molecule has 1 nitrogen and oxygen atoms in total. The first-order valence-electron chi connectivity index (χ1n) is 6.60. The molecule has 1 atom stereocenters. The lowest BCUT2D eigenvalue weighted by molar-refractivity contribution is 0.682. The van der Waals surface area contributed by atoms with Crippen LogP contribution in [-0.2, 0) is 24.0 Å². The van der Waals surface area contributed by atoms with Gasteiger partial charge in [0, 0.05) is 17.5 Å². The number of rotatable bonds is 2. The van der Waals surface area contributed by atoms with E-state index in [9.17, 15) is 0 Å². The third-order valence-electron chi connectivity index (χ3n) is 4.63. The highest BCUT2D eigenvalue weighted by Gasteiger charge is 2.36. The number of nitrogens with one attached hydrogen (secondary N) is 1. The van der Waals surface area contributed by atoms with Crippen LogP contribution in [0.25, 0.3) is 0 Å². The van der Waals surface area contributed by atoms with E-state index in [1.807, 2.05) is 11.8 Å². The van der Waals surface area contributed by atoms with Crippen molar-refractivity contribution in [2.45, 2.75) is 43.8 Å². The highest BCUT2D eigenvalue weighted by atomic mass is 32.2. The van der Waals surface area contributed by atoms with Crippen molar-refractivity contribution in [2.24, 2.45) is 0 Å². The Balaban J connectivity index is 2.22. The summed E-state index contributed by atoms with van der Waals surface area (Å²) in [6.07, 6.45) is 8.68. The van der Waals surface area contributed by atoms with E-state index < -0.39 is 0 Å². The Bertz CT molecular complexity index is 466. The molecule has 0 aliphatic heterocycles. The first kappa shape index (κ1) is 11.5. The van der Waals surface area contributed by atoms with Gasteiger partial charge in [0.25, 0.3) is 0 Å². The van der Waals surface area contributed by atoms with E-state index in [4.69, 9.17) is 0 Å². The van der Waals surface area contributed by atoms with Gasteiger partial charge in [-0.15, -0.1) is 0 Å². The van der Waals surface area contributed by atoms with Crippen LogP contribution in [0, 0.1) is 0 Å². The number of benzene rings is 1. The molecular weight excluding hydrogens is 226 g/mol. The molecule has 0 radical (unpaired) electrons. The topological polar surface area (TPSA) is 12.0 Å². The second kappa shape index (κ2) is 3.94. The molecule has 17 heavy (non-hydrogen) atoms. The number of hydrogen-bond acceptors (Lipinski definition) is 2. The molecule has 2 heteroatoms. The number of fused-ring (bicyclic) bond motifs is 2. The van der Waals surface area contributed by atoms with Gasteiger partial charge in [0.05, 0.1) is 0 Å². The smallest absolute Gasteiger partial charge is 0.0408 e. The van der Waals surface area contributed by atoms with Gasteiger partial charge in [-0.25, -0.2) is 0 Å². The van der Waals surface area contributed by atoms with Gasteiger partial charge < -0.3 is 5.32 Å². The van der Waals surface area contributed by atoms with Crippen molar-refractivity contribution >= 4 is 17.4 Å². The molecular formula is C15H21NS. The lowest BCUT2D eigenvalue weighted by Gasteiger charge is -2.24.